The predicted octanol–water partition coefficient (Wildman–Crippen LogP) is 3.61. The van der Waals surface area contributed by atoms with E-state index in [2.05, 4.69) is 10.6 Å². The van der Waals surface area contributed by atoms with Gasteiger partial charge in [-0.05, 0) is 44.5 Å². The first-order chi connectivity index (χ1) is 10.5. The zero-order valence-electron chi connectivity index (χ0n) is 13.3. The van der Waals surface area contributed by atoms with Crippen LogP contribution in [0.3, 0.4) is 0 Å². The molecule has 1 saturated heterocycles. The van der Waals surface area contributed by atoms with E-state index in [4.69, 9.17) is 27.9 Å². The topological polar surface area (TPSA) is 50.4 Å². The number of rotatable bonds is 5. The lowest BCUT2D eigenvalue weighted by atomic mass is 9.78. The zero-order valence-corrected chi connectivity index (χ0v) is 15.7. The van der Waals surface area contributed by atoms with Gasteiger partial charge in [0.25, 0.3) is 0 Å². The summed E-state index contributed by atoms with van der Waals surface area (Å²) in [5.74, 6) is 0.0133. The van der Waals surface area contributed by atoms with Gasteiger partial charge < -0.3 is 15.4 Å². The number of methoxy groups -OCH3 is 1. The molecule has 1 aliphatic rings. The molecule has 0 saturated carbocycles. The van der Waals surface area contributed by atoms with Gasteiger partial charge in [-0.3, -0.25) is 4.79 Å². The van der Waals surface area contributed by atoms with E-state index >= 15 is 0 Å². The zero-order chi connectivity index (χ0) is 16.2. The van der Waals surface area contributed by atoms with Crippen LogP contribution in [0.15, 0.2) is 18.2 Å². The predicted molar refractivity (Wildman–Crippen MR) is 96.7 cm³/mol. The maximum absolute atomic E-state index is 12.8. The third-order valence-corrected chi connectivity index (χ3v) is 5.09. The summed E-state index contributed by atoms with van der Waals surface area (Å²) < 4.78 is 5.30. The number of amides is 1. The number of halogens is 3. The number of hydrogen-bond acceptors (Lipinski definition) is 3. The molecule has 1 aromatic rings. The van der Waals surface area contributed by atoms with Crippen molar-refractivity contribution in [3.05, 3.63) is 33.8 Å². The van der Waals surface area contributed by atoms with Gasteiger partial charge in [0.05, 0.1) is 28.1 Å². The third kappa shape index (κ3) is 4.74. The van der Waals surface area contributed by atoms with Crippen LogP contribution < -0.4 is 10.6 Å². The Balaban J connectivity index is 0.00000264. The number of carbonyl (C=O) groups is 1. The van der Waals surface area contributed by atoms with Crippen molar-refractivity contribution in [2.75, 3.05) is 26.8 Å². The van der Waals surface area contributed by atoms with Crippen molar-refractivity contribution >= 4 is 41.5 Å². The van der Waals surface area contributed by atoms with Gasteiger partial charge in [0.1, 0.15) is 0 Å². The van der Waals surface area contributed by atoms with E-state index in [1.807, 2.05) is 19.1 Å². The lowest BCUT2D eigenvalue weighted by molar-refractivity contribution is -0.136. The fourth-order valence-electron chi connectivity index (χ4n) is 2.90. The van der Waals surface area contributed by atoms with Crippen LogP contribution in [0.2, 0.25) is 10.0 Å². The van der Waals surface area contributed by atoms with E-state index in [1.54, 1.807) is 13.2 Å². The summed E-state index contributed by atoms with van der Waals surface area (Å²) in [4.78, 5) is 12.8. The maximum atomic E-state index is 12.8. The second-order valence-corrected chi connectivity index (χ2v) is 6.59. The number of hydrogen-bond donors (Lipinski definition) is 2. The molecule has 1 unspecified atom stereocenters. The monoisotopic (exact) mass is 380 g/mol. The van der Waals surface area contributed by atoms with E-state index in [1.165, 1.54) is 0 Å². The van der Waals surface area contributed by atoms with Crippen molar-refractivity contribution in [2.45, 2.75) is 25.8 Å². The minimum Gasteiger partial charge on any atom is -0.384 e. The van der Waals surface area contributed by atoms with Crippen molar-refractivity contribution in [1.82, 2.24) is 10.6 Å². The van der Waals surface area contributed by atoms with Crippen LogP contribution in [0.5, 0.6) is 0 Å². The Bertz CT molecular complexity index is 529. The van der Waals surface area contributed by atoms with E-state index in [9.17, 15) is 4.79 Å². The van der Waals surface area contributed by atoms with Crippen LogP contribution in [0, 0.1) is 5.41 Å². The Labute approximate surface area is 153 Å². The minimum absolute atomic E-state index is 0. The summed E-state index contributed by atoms with van der Waals surface area (Å²) in [7, 11) is 1.63. The van der Waals surface area contributed by atoms with Crippen molar-refractivity contribution in [1.29, 1.82) is 0 Å². The van der Waals surface area contributed by atoms with Gasteiger partial charge in [0, 0.05) is 7.11 Å². The van der Waals surface area contributed by atoms with Crippen molar-refractivity contribution in [3.8, 4) is 0 Å². The molecule has 23 heavy (non-hydrogen) atoms. The first-order valence-corrected chi connectivity index (χ1v) is 8.20. The van der Waals surface area contributed by atoms with E-state index in [0.717, 1.165) is 31.5 Å². The Hall–Kier alpha value is -0.520. The lowest BCUT2D eigenvalue weighted by Crippen LogP contribution is -2.50. The van der Waals surface area contributed by atoms with Crippen LogP contribution in [0.4, 0.5) is 0 Å². The van der Waals surface area contributed by atoms with E-state index in [-0.39, 0.29) is 24.4 Å². The summed E-state index contributed by atoms with van der Waals surface area (Å²) in [6.07, 6.45) is 1.53. The summed E-state index contributed by atoms with van der Waals surface area (Å²) in [6, 6.07) is 5.25. The first kappa shape index (κ1) is 20.5. The van der Waals surface area contributed by atoms with Gasteiger partial charge >= 0.3 is 0 Å². The molecule has 1 heterocycles. The van der Waals surface area contributed by atoms with Crippen molar-refractivity contribution in [2.24, 2.45) is 5.41 Å². The largest absolute Gasteiger partial charge is 0.384 e. The molecule has 1 aromatic carbocycles. The van der Waals surface area contributed by atoms with Gasteiger partial charge in [0.2, 0.25) is 5.91 Å². The molecule has 0 spiro atoms. The molecule has 1 amide bonds. The summed E-state index contributed by atoms with van der Waals surface area (Å²) in [5.41, 5.74) is 0.350. The molecule has 0 bridgehead atoms. The highest BCUT2D eigenvalue weighted by molar-refractivity contribution is 6.42. The van der Waals surface area contributed by atoms with Crippen LogP contribution in [0.1, 0.15) is 31.4 Å². The van der Waals surface area contributed by atoms with Crippen LogP contribution in [-0.2, 0) is 9.53 Å². The van der Waals surface area contributed by atoms with Gasteiger partial charge in [-0.25, -0.2) is 0 Å². The van der Waals surface area contributed by atoms with Crippen molar-refractivity contribution < 1.29 is 9.53 Å². The molecule has 0 aromatic heterocycles. The Morgan fingerprint density at radius 3 is 2.65 bits per heavy atom. The lowest BCUT2D eigenvalue weighted by Gasteiger charge is -2.36. The molecular weight excluding hydrogens is 359 g/mol. The molecule has 1 aliphatic heterocycles. The normalized spacial score (nSPS) is 17.9. The number of benzene rings is 1. The molecule has 1 atom stereocenters. The van der Waals surface area contributed by atoms with Gasteiger partial charge in [-0.2, -0.15) is 0 Å². The molecule has 2 rings (SSSR count). The van der Waals surface area contributed by atoms with Gasteiger partial charge in [-0.1, -0.05) is 35.3 Å². The first-order valence-electron chi connectivity index (χ1n) is 7.45. The Morgan fingerprint density at radius 1 is 1.39 bits per heavy atom. The maximum Gasteiger partial charge on any atom is 0.229 e. The quantitative estimate of drug-likeness (QED) is 0.819. The molecule has 4 nitrogen and oxygen atoms in total. The van der Waals surface area contributed by atoms with Crippen LogP contribution >= 0.6 is 35.6 Å². The highest BCUT2D eigenvalue weighted by Gasteiger charge is 2.40. The Morgan fingerprint density at radius 2 is 2.04 bits per heavy atom. The average Bonchev–Trinajstić information content (AvgIpc) is 2.51. The standard InChI is InChI=1S/C16H22Cl2N2O2.ClH/c1-11(12-4-3-5-13(17)14(12)18)20-15(21)16(10-22-2)6-8-19-9-7-16;/h3-5,11,19H,6-10H2,1-2H3,(H,20,21);1H. The van der Waals surface area contributed by atoms with Gasteiger partial charge in [-0.15, -0.1) is 12.4 Å². The number of nitrogens with one attached hydrogen (secondary N) is 2. The van der Waals surface area contributed by atoms with Crippen LogP contribution in [-0.4, -0.2) is 32.7 Å². The molecule has 0 aliphatic carbocycles. The van der Waals surface area contributed by atoms with Gasteiger partial charge in [0.15, 0.2) is 0 Å². The Kier molecular flexibility index (Phi) is 8.11. The fraction of sp³-hybridized carbons (Fsp3) is 0.562. The number of piperidine rings is 1. The molecule has 7 heteroatoms. The second kappa shape index (κ2) is 9.09. The smallest absolute Gasteiger partial charge is 0.229 e. The summed E-state index contributed by atoms with van der Waals surface area (Å²) >= 11 is 12.3. The van der Waals surface area contributed by atoms with Crippen LogP contribution in [0.25, 0.3) is 0 Å². The fourth-order valence-corrected chi connectivity index (χ4v) is 3.37. The number of carbonyl (C=O) groups excluding carboxylic acids is 1. The number of ether oxygens (including phenoxy) is 1. The molecule has 130 valence electrons. The SMILES string of the molecule is COCC1(C(=O)NC(C)c2cccc(Cl)c2Cl)CCNCC1.Cl. The summed E-state index contributed by atoms with van der Waals surface area (Å²) in [6.45, 7) is 3.99. The third-order valence-electron chi connectivity index (χ3n) is 4.26. The molecule has 2 N–H and O–H groups in total. The average molecular weight is 382 g/mol. The van der Waals surface area contributed by atoms with Crippen molar-refractivity contribution in [3.63, 3.8) is 0 Å². The second-order valence-electron chi connectivity index (χ2n) is 5.80. The highest BCUT2D eigenvalue weighted by Crippen LogP contribution is 2.33. The summed E-state index contributed by atoms with van der Waals surface area (Å²) in [5, 5.41) is 7.33. The molecular formula is C16H23Cl3N2O2. The van der Waals surface area contributed by atoms with E-state index in [0.29, 0.717) is 16.7 Å². The molecule has 0 radical (unpaired) electrons. The minimum atomic E-state index is -0.473. The highest BCUT2D eigenvalue weighted by atomic mass is 35.5. The molecule has 1 fully saturated rings. The van der Waals surface area contributed by atoms with E-state index < -0.39 is 5.41 Å².